The van der Waals surface area contributed by atoms with E-state index in [2.05, 4.69) is 5.32 Å². The van der Waals surface area contributed by atoms with Gasteiger partial charge in [-0.25, -0.2) is 8.42 Å². The number of amides is 2. The molecule has 1 aliphatic rings. The second-order valence-electron chi connectivity index (χ2n) is 11.0. The number of carbonyl (C=O) groups is 2. The molecule has 0 aliphatic heterocycles. The summed E-state index contributed by atoms with van der Waals surface area (Å²) < 4.78 is 32.4. The van der Waals surface area contributed by atoms with Gasteiger partial charge in [0.1, 0.15) is 18.3 Å². The Morgan fingerprint density at radius 3 is 2.31 bits per heavy atom. The lowest BCUT2D eigenvalue weighted by Gasteiger charge is -2.35. The van der Waals surface area contributed by atoms with Crippen LogP contribution in [0.1, 0.15) is 48.8 Å². The minimum absolute atomic E-state index is 0.0595. The summed E-state index contributed by atoms with van der Waals surface area (Å²) in [5.41, 5.74) is 3.10. The van der Waals surface area contributed by atoms with Crippen molar-refractivity contribution >= 4 is 27.5 Å². The molecule has 0 saturated heterocycles. The van der Waals surface area contributed by atoms with Crippen LogP contribution in [0.3, 0.4) is 0 Å². The Kier molecular flexibility index (Phi) is 10.6. The molecule has 1 atom stereocenters. The molecule has 4 rings (SSSR count). The molecule has 1 aliphatic carbocycles. The summed E-state index contributed by atoms with van der Waals surface area (Å²) in [7, 11) is -2.35. The highest BCUT2D eigenvalue weighted by atomic mass is 32.2. The predicted molar refractivity (Wildman–Crippen MR) is 166 cm³/mol. The SMILES string of the molecule is COc1cccc(N(CC(=O)N(Cc2ccccc2C)[C@H](Cc2ccccc2)C(=O)NC2CCCCC2)S(C)(=O)=O)c1. The summed E-state index contributed by atoms with van der Waals surface area (Å²) in [6, 6.07) is 23.2. The summed E-state index contributed by atoms with van der Waals surface area (Å²) in [6.07, 6.45) is 6.47. The van der Waals surface area contributed by atoms with Gasteiger partial charge in [0, 0.05) is 25.1 Å². The third-order valence-electron chi connectivity index (χ3n) is 7.85. The zero-order valence-electron chi connectivity index (χ0n) is 24.7. The average Bonchev–Trinajstić information content (AvgIpc) is 2.99. The van der Waals surface area contributed by atoms with Gasteiger partial charge in [-0.1, -0.05) is 79.9 Å². The quantitative estimate of drug-likeness (QED) is 0.325. The van der Waals surface area contributed by atoms with Crippen LogP contribution in [0.15, 0.2) is 78.9 Å². The second kappa shape index (κ2) is 14.4. The van der Waals surface area contributed by atoms with Gasteiger partial charge in [-0.15, -0.1) is 0 Å². The molecule has 224 valence electrons. The molecule has 0 heterocycles. The highest BCUT2D eigenvalue weighted by Crippen LogP contribution is 2.25. The standard InChI is InChI=1S/C33H41N3O5S/c1-25-13-10-11-16-27(25)23-35(32(37)24-36(42(3,39)40)29-19-12-20-30(22-29)41-2)31(21-26-14-6-4-7-15-26)33(38)34-28-17-8-5-9-18-28/h4,6-7,10-16,19-20,22,28,31H,5,8-9,17-18,21,23-24H2,1-3H3,(H,34,38)/t31-/m1/s1. The molecule has 1 saturated carbocycles. The fraction of sp³-hybridized carbons (Fsp3) is 0.394. The number of rotatable bonds is 12. The first-order valence-electron chi connectivity index (χ1n) is 14.5. The number of anilines is 1. The van der Waals surface area contributed by atoms with E-state index in [0.717, 1.165) is 59.4 Å². The number of ether oxygens (including phenoxy) is 1. The normalized spacial score (nSPS) is 14.5. The van der Waals surface area contributed by atoms with Crippen LogP contribution in [0.25, 0.3) is 0 Å². The van der Waals surface area contributed by atoms with Crippen LogP contribution >= 0.6 is 0 Å². The number of aryl methyl sites for hydroxylation is 1. The first kappa shape index (κ1) is 31.1. The van der Waals surface area contributed by atoms with Gasteiger partial charge in [0.2, 0.25) is 21.8 Å². The van der Waals surface area contributed by atoms with Crippen molar-refractivity contribution in [2.75, 3.05) is 24.2 Å². The topological polar surface area (TPSA) is 96.0 Å². The van der Waals surface area contributed by atoms with Crippen molar-refractivity contribution in [2.45, 2.75) is 64.1 Å². The Morgan fingerprint density at radius 1 is 0.952 bits per heavy atom. The van der Waals surface area contributed by atoms with Crippen molar-refractivity contribution in [3.8, 4) is 5.75 Å². The molecule has 3 aromatic carbocycles. The molecule has 1 N–H and O–H groups in total. The van der Waals surface area contributed by atoms with Gasteiger partial charge < -0.3 is 15.0 Å². The Bertz CT molecular complexity index is 1460. The summed E-state index contributed by atoms with van der Waals surface area (Å²) >= 11 is 0. The number of hydrogen-bond donors (Lipinski definition) is 1. The lowest BCUT2D eigenvalue weighted by Crippen LogP contribution is -2.55. The van der Waals surface area contributed by atoms with Crippen molar-refractivity contribution in [1.82, 2.24) is 10.2 Å². The maximum absolute atomic E-state index is 14.3. The number of carbonyl (C=O) groups excluding carboxylic acids is 2. The molecule has 0 unspecified atom stereocenters. The van der Waals surface area contributed by atoms with Crippen LogP contribution in [0.5, 0.6) is 5.75 Å². The zero-order chi connectivity index (χ0) is 30.1. The molecule has 0 aromatic heterocycles. The third kappa shape index (κ3) is 8.35. The summed E-state index contributed by atoms with van der Waals surface area (Å²) in [4.78, 5) is 29.8. The Balaban J connectivity index is 1.73. The molecule has 0 spiro atoms. The van der Waals surface area contributed by atoms with Crippen LogP contribution in [0, 0.1) is 6.92 Å². The summed E-state index contributed by atoms with van der Waals surface area (Å²) in [5.74, 6) is -0.217. The van der Waals surface area contributed by atoms with E-state index in [1.165, 1.54) is 7.11 Å². The van der Waals surface area contributed by atoms with Gasteiger partial charge in [-0.05, 0) is 48.6 Å². The predicted octanol–water partition coefficient (Wildman–Crippen LogP) is 4.86. The van der Waals surface area contributed by atoms with Crippen LogP contribution in [0.4, 0.5) is 5.69 Å². The largest absolute Gasteiger partial charge is 0.497 e. The van der Waals surface area contributed by atoms with E-state index in [-0.39, 0.29) is 18.5 Å². The lowest BCUT2D eigenvalue weighted by atomic mass is 9.94. The van der Waals surface area contributed by atoms with Crippen molar-refractivity contribution in [3.05, 3.63) is 95.6 Å². The molecular formula is C33H41N3O5S. The fourth-order valence-electron chi connectivity index (χ4n) is 5.45. The molecule has 2 amide bonds. The van der Waals surface area contributed by atoms with E-state index in [1.807, 2.05) is 61.5 Å². The number of nitrogens with zero attached hydrogens (tertiary/aromatic N) is 2. The second-order valence-corrected chi connectivity index (χ2v) is 12.9. The molecule has 0 radical (unpaired) electrons. The van der Waals surface area contributed by atoms with E-state index in [9.17, 15) is 18.0 Å². The Labute approximate surface area is 249 Å². The molecule has 8 nitrogen and oxygen atoms in total. The highest BCUT2D eigenvalue weighted by Gasteiger charge is 2.34. The van der Waals surface area contributed by atoms with Gasteiger partial charge in [-0.2, -0.15) is 0 Å². The van der Waals surface area contributed by atoms with Crippen molar-refractivity contribution in [2.24, 2.45) is 0 Å². The molecule has 42 heavy (non-hydrogen) atoms. The Morgan fingerprint density at radius 2 is 1.64 bits per heavy atom. The maximum Gasteiger partial charge on any atom is 0.244 e. The average molecular weight is 592 g/mol. The molecular weight excluding hydrogens is 550 g/mol. The van der Waals surface area contributed by atoms with Crippen LogP contribution in [0.2, 0.25) is 0 Å². The summed E-state index contributed by atoms with van der Waals surface area (Å²) in [5, 5.41) is 3.22. The number of methoxy groups -OCH3 is 1. The van der Waals surface area contributed by atoms with Gasteiger partial charge in [0.25, 0.3) is 0 Å². The molecule has 9 heteroatoms. The van der Waals surface area contributed by atoms with E-state index < -0.39 is 28.5 Å². The zero-order valence-corrected chi connectivity index (χ0v) is 25.5. The molecule has 1 fully saturated rings. The van der Waals surface area contributed by atoms with Gasteiger partial charge in [-0.3, -0.25) is 13.9 Å². The maximum atomic E-state index is 14.3. The highest BCUT2D eigenvalue weighted by molar-refractivity contribution is 7.92. The minimum Gasteiger partial charge on any atom is -0.497 e. The molecule has 0 bridgehead atoms. The van der Waals surface area contributed by atoms with Crippen LogP contribution in [-0.2, 0) is 32.6 Å². The van der Waals surface area contributed by atoms with Gasteiger partial charge >= 0.3 is 0 Å². The first-order valence-corrected chi connectivity index (χ1v) is 16.3. The minimum atomic E-state index is -3.85. The van der Waals surface area contributed by atoms with Gasteiger partial charge in [0.15, 0.2) is 0 Å². The van der Waals surface area contributed by atoms with E-state index in [0.29, 0.717) is 17.9 Å². The smallest absolute Gasteiger partial charge is 0.244 e. The van der Waals surface area contributed by atoms with Crippen LogP contribution < -0.4 is 14.4 Å². The lowest BCUT2D eigenvalue weighted by molar-refractivity contribution is -0.140. The Hall–Kier alpha value is -3.85. The van der Waals surface area contributed by atoms with E-state index >= 15 is 0 Å². The number of hydrogen-bond acceptors (Lipinski definition) is 5. The fourth-order valence-corrected chi connectivity index (χ4v) is 6.29. The van der Waals surface area contributed by atoms with Crippen molar-refractivity contribution in [3.63, 3.8) is 0 Å². The summed E-state index contributed by atoms with van der Waals surface area (Å²) in [6.45, 7) is 1.67. The van der Waals surface area contributed by atoms with Crippen molar-refractivity contribution < 1.29 is 22.7 Å². The van der Waals surface area contributed by atoms with Crippen LogP contribution in [-0.4, -0.2) is 57.1 Å². The van der Waals surface area contributed by atoms with Gasteiger partial charge in [0.05, 0.1) is 19.1 Å². The third-order valence-corrected chi connectivity index (χ3v) is 8.99. The van der Waals surface area contributed by atoms with E-state index in [4.69, 9.17) is 4.74 Å². The molecule has 3 aromatic rings. The van der Waals surface area contributed by atoms with Crippen molar-refractivity contribution in [1.29, 1.82) is 0 Å². The van der Waals surface area contributed by atoms with E-state index in [1.54, 1.807) is 29.2 Å². The number of sulfonamides is 1. The number of benzene rings is 3. The monoisotopic (exact) mass is 591 g/mol. The first-order chi connectivity index (χ1) is 20.2. The number of nitrogens with one attached hydrogen (secondary N) is 1.